The molecule has 0 unspecified atom stereocenters. The second kappa shape index (κ2) is 7.93. The second-order valence-electron chi connectivity index (χ2n) is 6.37. The summed E-state index contributed by atoms with van der Waals surface area (Å²) in [4.78, 5) is 16.2. The van der Waals surface area contributed by atoms with E-state index < -0.39 is 0 Å². The van der Waals surface area contributed by atoms with Gasteiger partial charge in [-0.25, -0.2) is 0 Å². The smallest absolute Gasteiger partial charge is 0.254 e. The van der Waals surface area contributed by atoms with E-state index in [1.54, 1.807) is 0 Å². The number of piperazine rings is 1. The Hall–Kier alpha value is -2.39. The Morgan fingerprint density at radius 1 is 1.04 bits per heavy atom. The van der Waals surface area contributed by atoms with E-state index in [4.69, 9.17) is 0 Å². The van der Waals surface area contributed by atoms with E-state index >= 15 is 0 Å². The standard InChI is InChI=1S/C21H24N2O/c1-18-8-5-6-12-20(18)21(24)23-16-14-22(15-17-23)13-7-11-19-9-3-2-4-10-19/h2-12H,13-17H2,1H3/p+1. The third-order valence-corrected chi connectivity index (χ3v) is 4.65. The van der Waals surface area contributed by atoms with Crippen LogP contribution in [-0.2, 0) is 0 Å². The monoisotopic (exact) mass is 321 g/mol. The molecule has 0 atom stereocenters. The molecule has 0 aliphatic carbocycles. The van der Waals surface area contributed by atoms with Crippen molar-refractivity contribution in [3.8, 4) is 0 Å². The van der Waals surface area contributed by atoms with Crippen molar-refractivity contribution in [1.82, 2.24) is 4.90 Å². The van der Waals surface area contributed by atoms with E-state index in [1.165, 1.54) is 10.5 Å². The van der Waals surface area contributed by atoms with E-state index in [9.17, 15) is 4.79 Å². The fraction of sp³-hybridized carbons (Fsp3) is 0.286. The molecule has 1 N–H and O–H groups in total. The zero-order valence-corrected chi connectivity index (χ0v) is 14.2. The molecule has 0 radical (unpaired) electrons. The van der Waals surface area contributed by atoms with E-state index in [-0.39, 0.29) is 5.91 Å². The van der Waals surface area contributed by atoms with Crippen LogP contribution in [-0.4, -0.2) is 43.5 Å². The van der Waals surface area contributed by atoms with Gasteiger partial charge in [0.05, 0.1) is 32.7 Å². The van der Waals surface area contributed by atoms with Crippen molar-refractivity contribution < 1.29 is 9.69 Å². The van der Waals surface area contributed by atoms with Crippen LogP contribution in [0.4, 0.5) is 0 Å². The number of hydrogen-bond acceptors (Lipinski definition) is 1. The Labute approximate surface area is 144 Å². The molecule has 1 aliphatic rings. The molecule has 24 heavy (non-hydrogen) atoms. The molecule has 3 nitrogen and oxygen atoms in total. The number of carbonyl (C=O) groups is 1. The van der Waals surface area contributed by atoms with E-state index in [0.29, 0.717) is 0 Å². The molecular weight excluding hydrogens is 296 g/mol. The third kappa shape index (κ3) is 4.12. The van der Waals surface area contributed by atoms with Gasteiger partial charge in [0.15, 0.2) is 0 Å². The highest BCUT2D eigenvalue weighted by atomic mass is 16.2. The van der Waals surface area contributed by atoms with Gasteiger partial charge in [0, 0.05) is 5.56 Å². The van der Waals surface area contributed by atoms with Crippen LogP contribution in [0.25, 0.3) is 6.08 Å². The van der Waals surface area contributed by atoms with E-state index in [1.807, 2.05) is 42.2 Å². The molecule has 1 fully saturated rings. The lowest BCUT2D eigenvalue weighted by Crippen LogP contribution is -3.14. The molecule has 2 aromatic carbocycles. The summed E-state index contributed by atoms with van der Waals surface area (Å²) < 4.78 is 0. The van der Waals surface area contributed by atoms with Crippen molar-refractivity contribution in [2.45, 2.75) is 6.92 Å². The highest BCUT2D eigenvalue weighted by Crippen LogP contribution is 2.10. The number of amides is 1. The third-order valence-electron chi connectivity index (χ3n) is 4.65. The highest BCUT2D eigenvalue weighted by Gasteiger charge is 2.24. The minimum absolute atomic E-state index is 0.173. The molecule has 1 saturated heterocycles. The molecule has 0 aromatic heterocycles. The predicted octanol–water partition coefficient (Wildman–Crippen LogP) is 2.05. The summed E-state index contributed by atoms with van der Waals surface area (Å²) in [6.07, 6.45) is 4.42. The summed E-state index contributed by atoms with van der Waals surface area (Å²) in [5.41, 5.74) is 3.14. The van der Waals surface area contributed by atoms with Crippen LogP contribution in [0.5, 0.6) is 0 Å². The number of quaternary nitrogens is 1. The highest BCUT2D eigenvalue weighted by molar-refractivity contribution is 5.95. The Kier molecular flexibility index (Phi) is 5.44. The number of nitrogens with zero attached hydrogens (tertiary/aromatic N) is 1. The number of nitrogens with one attached hydrogen (secondary N) is 1. The van der Waals surface area contributed by atoms with Gasteiger partial charge in [-0.05, 0) is 30.2 Å². The van der Waals surface area contributed by atoms with Gasteiger partial charge < -0.3 is 9.80 Å². The Morgan fingerprint density at radius 3 is 2.42 bits per heavy atom. The topological polar surface area (TPSA) is 24.8 Å². The Morgan fingerprint density at radius 2 is 1.71 bits per heavy atom. The first kappa shape index (κ1) is 16.5. The fourth-order valence-corrected chi connectivity index (χ4v) is 3.14. The van der Waals surface area contributed by atoms with Crippen LogP contribution in [0.15, 0.2) is 60.7 Å². The molecule has 3 rings (SSSR count). The first-order valence-electron chi connectivity index (χ1n) is 8.64. The predicted molar refractivity (Wildman–Crippen MR) is 98.1 cm³/mol. The minimum atomic E-state index is 0.173. The summed E-state index contributed by atoms with van der Waals surface area (Å²) in [5.74, 6) is 0.173. The zero-order valence-electron chi connectivity index (χ0n) is 14.2. The summed E-state index contributed by atoms with van der Waals surface area (Å²) in [7, 11) is 0. The average molecular weight is 321 g/mol. The molecule has 0 bridgehead atoms. The maximum absolute atomic E-state index is 12.6. The molecule has 124 valence electrons. The van der Waals surface area contributed by atoms with E-state index in [0.717, 1.165) is 43.9 Å². The van der Waals surface area contributed by atoms with Gasteiger partial charge in [-0.3, -0.25) is 4.79 Å². The van der Waals surface area contributed by atoms with E-state index in [2.05, 4.69) is 36.4 Å². The fourth-order valence-electron chi connectivity index (χ4n) is 3.14. The summed E-state index contributed by atoms with van der Waals surface area (Å²) in [6.45, 7) is 6.71. The lowest BCUT2D eigenvalue weighted by molar-refractivity contribution is -0.898. The zero-order chi connectivity index (χ0) is 16.8. The van der Waals surface area contributed by atoms with Crippen LogP contribution >= 0.6 is 0 Å². The molecule has 1 amide bonds. The molecule has 3 heteroatoms. The van der Waals surface area contributed by atoms with Gasteiger partial charge in [0.25, 0.3) is 5.91 Å². The summed E-state index contributed by atoms with van der Waals surface area (Å²) in [6, 6.07) is 18.2. The van der Waals surface area contributed by atoms with Gasteiger partial charge in [0.2, 0.25) is 0 Å². The number of benzene rings is 2. The maximum Gasteiger partial charge on any atom is 0.254 e. The number of hydrogen-bond donors (Lipinski definition) is 1. The first-order valence-corrected chi connectivity index (χ1v) is 8.64. The number of carbonyl (C=O) groups excluding carboxylic acids is 1. The Bertz CT molecular complexity index is 701. The SMILES string of the molecule is Cc1ccccc1C(=O)N1CC[NH+](CC=Cc2ccccc2)CC1. The van der Waals surface area contributed by atoms with Crippen molar-refractivity contribution in [1.29, 1.82) is 0 Å². The van der Waals surface area contributed by atoms with Crippen molar-refractivity contribution in [3.05, 3.63) is 77.4 Å². The van der Waals surface area contributed by atoms with Gasteiger partial charge in [0.1, 0.15) is 0 Å². The van der Waals surface area contributed by atoms with Crippen molar-refractivity contribution in [3.63, 3.8) is 0 Å². The van der Waals surface area contributed by atoms with Crippen LogP contribution in [0, 0.1) is 6.92 Å². The molecular formula is C21H25N2O+. The maximum atomic E-state index is 12.6. The molecule has 1 aliphatic heterocycles. The van der Waals surface area contributed by atoms with Gasteiger partial charge in [-0.15, -0.1) is 0 Å². The molecule has 0 spiro atoms. The lowest BCUT2D eigenvalue weighted by Gasteiger charge is -2.32. The number of aryl methyl sites for hydroxylation is 1. The molecule has 1 heterocycles. The molecule has 2 aromatic rings. The van der Waals surface area contributed by atoms with Gasteiger partial charge >= 0.3 is 0 Å². The summed E-state index contributed by atoms with van der Waals surface area (Å²) >= 11 is 0. The van der Waals surface area contributed by atoms with Crippen LogP contribution < -0.4 is 4.90 Å². The molecule has 0 saturated carbocycles. The van der Waals surface area contributed by atoms with Crippen molar-refractivity contribution >= 4 is 12.0 Å². The van der Waals surface area contributed by atoms with Crippen LogP contribution in [0.2, 0.25) is 0 Å². The second-order valence-corrected chi connectivity index (χ2v) is 6.37. The van der Waals surface area contributed by atoms with Crippen molar-refractivity contribution in [2.75, 3.05) is 32.7 Å². The summed E-state index contributed by atoms with van der Waals surface area (Å²) in [5, 5.41) is 0. The quantitative estimate of drug-likeness (QED) is 0.916. The Balaban J connectivity index is 1.50. The van der Waals surface area contributed by atoms with Crippen LogP contribution in [0.3, 0.4) is 0 Å². The normalized spacial score (nSPS) is 15.8. The first-order chi connectivity index (χ1) is 11.7. The minimum Gasteiger partial charge on any atom is -0.329 e. The van der Waals surface area contributed by atoms with Gasteiger partial charge in [-0.2, -0.15) is 0 Å². The van der Waals surface area contributed by atoms with Gasteiger partial charge in [-0.1, -0.05) is 54.6 Å². The average Bonchev–Trinajstić information content (AvgIpc) is 2.63. The van der Waals surface area contributed by atoms with Crippen molar-refractivity contribution in [2.24, 2.45) is 0 Å². The lowest BCUT2D eigenvalue weighted by atomic mass is 10.1. The van der Waals surface area contributed by atoms with Crippen LogP contribution in [0.1, 0.15) is 21.5 Å². The largest absolute Gasteiger partial charge is 0.329 e. The number of rotatable bonds is 4.